The summed E-state index contributed by atoms with van der Waals surface area (Å²) in [6.45, 7) is 1.97. The molecule has 1 fully saturated rings. The van der Waals surface area contributed by atoms with Crippen molar-refractivity contribution in [1.82, 2.24) is 25.5 Å². The van der Waals surface area contributed by atoms with Crippen LogP contribution in [0.5, 0.6) is 5.75 Å². The van der Waals surface area contributed by atoms with Crippen molar-refractivity contribution in [3.05, 3.63) is 65.4 Å². The van der Waals surface area contributed by atoms with Gasteiger partial charge in [-0.1, -0.05) is 11.3 Å². The summed E-state index contributed by atoms with van der Waals surface area (Å²) in [6, 6.07) is 13.1. The van der Waals surface area contributed by atoms with Crippen LogP contribution in [0.3, 0.4) is 0 Å². The third kappa shape index (κ3) is 4.60. The zero-order chi connectivity index (χ0) is 21.0. The molecule has 0 amide bonds. The topological polar surface area (TPSA) is 89.9 Å². The fourth-order valence-electron chi connectivity index (χ4n) is 3.65. The maximum Gasteiger partial charge on any atom is 0.168 e. The highest BCUT2D eigenvalue weighted by Gasteiger charge is 2.15. The maximum absolute atomic E-state index is 12.8. The number of carbonyl (C=O) groups is 1. The minimum atomic E-state index is 0.0144. The summed E-state index contributed by atoms with van der Waals surface area (Å²) in [7, 11) is 0. The van der Waals surface area contributed by atoms with Gasteiger partial charge in [-0.3, -0.25) is 9.78 Å². The fraction of sp³-hybridized carbons (Fsp3) is 0.261. The summed E-state index contributed by atoms with van der Waals surface area (Å²) in [5.74, 6) is 0.821. The van der Waals surface area contributed by atoms with Crippen LogP contribution in [0.2, 0.25) is 0 Å². The van der Waals surface area contributed by atoms with Gasteiger partial charge in [0.15, 0.2) is 10.8 Å². The lowest BCUT2D eigenvalue weighted by Gasteiger charge is -2.23. The van der Waals surface area contributed by atoms with Gasteiger partial charge in [-0.05, 0) is 68.4 Å². The van der Waals surface area contributed by atoms with E-state index in [1.165, 1.54) is 11.3 Å². The van der Waals surface area contributed by atoms with Crippen LogP contribution in [-0.2, 0) is 6.42 Å². The first-order valence-electron chi connectivity index (χ1n) is 10.3. The number of nitrogens with zero attached hydrogens (tertiary/aromatic N) is 4. The van der Waals surface area contributed by atoms with Crippen LogP contribution < -0.4 is 10.1 Å². The molecule has 4 aromatic rings. The van der Waals surface area contributed by atoms with Crippen LogP contribution in [0.4, 0.5) is 0 Å². The summed E-state index contributed by atoms with van der Waals surface area (Å²) in [5.41, 5.74) is 4.57. The van der Waals surface area contributed by atoms with Crippen molar-refractivity contribution in [2.45, 2.75) is 25.4 Å². The highest BCUT2D eigenvalue weighted by atomic mass is 32.1. The quantitative estimate of drug-likeness (QED) is 0.466. The summed E-state index contributed by atoms with van der Waals surface area (Å²) in [5, 5.41) is 13.0. The molecule has 5 rings (SSSR count). The van der Waals surface area contributed by atoms with E-state index >= 15 is 0 Å². The average molecular weight is 432 g/mol. The van der Waals surface area contributed by atoms with Crippen LogP contribution >= 0.6 is 11.3 Å². The van der Waals surface area contributed by atoms with Crippen LogP contribution in [0, 0.1) is 0 Å². The molecule has 31 heavy (non-hydrogen) atoms. The second-order valence-corrected chi connectivity index (χ2v) is 8.33. The summed E-state index contributed by atoms with van der Waals surface area (Å²) in [4.78, 5) is 21.9. The van der Waals surface area contributed by atoms with E-state index in [-0.39, 0.29) is 18.3 Å². The Morgan fingerprint density at radius 1 is 1.13 bits per heavy atom. The minimum absolute atomic E-state index is 0.0144. The van der Waals surface area contributed by atoms with Gasteiger partial charge in [0.25, 0.3) is 0 Å². The first-order chi connectivity index (χ1) is 15.2. The Balaban J connectivity index is 1.29. The van der Waals surface area contributed by atoms with Gasteiger partial charge >= 0.3 is 0 Å². The summed E-state index contributed by atoms with van der Waals surface area (Å²) < 4.78 is 6.02. The molecule has 8 heteroatoms. The zero-order valence-corrected chi connectivity index (χ0v) is 17.6. The molecule has 0 aliphatic carbocycles. The molecule has 156 valence electrons. The fourth-order valence-corrected chi connectivity index (χ4v) is 4.17. The van der Waals surface area contributed by atoms with Gasteiger partial charge in [0.05, 0.1) is 17.6 Å². The maximum atomic E-state index is 12.8. The van der Waals surface area contributed by atoms with Crippen molar-refractivity contribution < 1.29 is 9.53 Å². The Hall–Kier alpha value is -3.23. The van der Waals surface area contributed by atoms with Crippen LogP contribution in [-0.4, -0.2) is 45.1 Å². The van der Waals surface area contributed by atoms with Crippen molar-refractivity contribution in [2.75, 3.05) is 13.1 Å². The lowest BCUT2D eigenvalue weighted by atomic mass is 10.1. The SMILES string of the molecule is O=C(Cc1cc2nc(-c3nncs3)ccc2cn1)c1ccc(OC2CCNCC2)cc1. The second kappa shape index (κ2) is 8.87. The Bertz CT molecular complexity index is 1190. The number of ether oxygens (including phenoxy) is 1. The molecule has 4 heterocycles. The van der Waals surface area contributed by atoms with E-state index in [1.807, 2.05) is 42.5 Å². The van der Waals surface area contributed by atoms with E-state index < -0.39 is 0 Å². The predicted molar refractivity (Wildman–Crippen MR) is 119 cm³/mol. The normalized spacial score (nSPS) is 14.6. The van der Waals surface area contributed by atoms with E-state index in [0.717, 1.165) is 53.3 Å². The van der Waals surface area contributed by atoms with Gasteiger partial charge in [-0.2, -0.15) is 0 Å². The van der Waals surface area contributed by atoms with Gasteiger partial charge in [0.2, 0.25) is 0 Å². The van der Waals surface area contributed by atoms with Crippen molar-refractivity contribution >= 4 is 28.0 Å². The number of piperidine rings is 1. The lowest BCUT2D eigenvalue weighted by Crippen LogP contribution is -2.34. The second-order valence-electron chi connectivity index (χ2n) is 7.50. The van der Waals surface area contributed by atoms with Crippen molar-refractivity contribution in [3.63, 3.8) is 0 Å². The highest BCUT2D eigenvalue weighted by Crippen LogP contribution is 2.23. The number of fused-ring (bicyclic) bond motifs is 1. The van der Waals surface area contributed by atoms with Crippen LogP contribution in [0.25, 0.3) is 21.6 Å². The largest absolute Gasteiger partial charge is 0.490 e. The molecular formula is C23H21N5O2S. The number of nitrogens with one attached hydrogen (secondary N) is 1. The number of aromatic nitrogens is 4. The molecule has 0 bridgehead atoms. The lowest BCUT2D eigenvalue weighted by molar-refractivity contribution is 0.0992. The van der Waals surface area contributed by atoms with Gasteiger partial charge in [-0.25, -0.2) is 4.98 Å². The Morgan fingerprint density at radius 3 is 2.74 bits per heavy atom. The third-order valence-electron chi connectivity index (χ3n) is 5.32. The average Bonchev–Trinajstić information content (AvgIpc) is 3.35. The van der Waals surface area contributed by atoms with E-state index in [4.69, 9.17) is 4.74 Å². The molecule has 7 nitrogen and oxygen atoms in total. The molecule has 0 saturated carbocycles. The summed E-state index contributed by atoms with van der Waals surface area (Å²) >= 11 is 1.44. The first-order valence-corrected chi connectivity index (χ1v) is 11.2. The monoisotopic (exact) mass is 431 g/mol. The van der Waals surface area contributed by atoms with Gasteiger partial charge in [0, 0.05) is 17.1 Å². The molecule has 0 spiro atoms. The van der Waals surface area contributed by atoms with Crippen molar-refractivity contribution in [1.29, 1.82) is 0 Å². The third-order valence-corrected chi connectivity index (χ3v) is 6.03. The molecule has 1 saturated heterocycles. The number of benzene rings is 1. The molecule has 1 aliphatic heterocycles. The van der Waals surface area contributed by atoms with E-state index in [2.05, 4.69) is 25.5 Å². The number of pyridine rings is 2. The number of hydrogen-bond donors (Lipinski definition) is 1. The molecule has 0 radical (unpaired) electrons. The predicted octanol–water partition coefficient (Wildman–Crippen LogP) is 3.70. The molecule has 3 aromatic heterocycles. The Morgan fingerprint density at radius 2 is 1.97 bits per heavy atom. The Labute approximate surface area is 183 Å². The molecule has 0 atom stereocenters. The molecule has 1 N–H and O–H groups in total. The summed E-state index contributed by atoms with van der Waals surface area (Å²) in [6.07, 6.45) is 4.22. The van der Waals surface area contributed by atoms with Gasteiger partial charge < -0.3 is 10.1 Å². The standard InChI is InChI=1S/C23H21N5O2S/c29-22(15-1-4-18(5-2-15)30-19-7-9-24-10-8-19)12-17-11-21-16(13-25-17)3-6-20(27-21)23-28-26-14-31-23/h1-6,11,13-14,19,24H,7-10,12H2. The number of ketones is 1. The molecule has 1 aliphatic rings. The zero-order valence-electron chi connectivity index (χ0n) is 16.8. The molecule has 1 aromatic carbocycles. The number of rotatable bonds is 6. The minimum Gasteiger partial charge on any atom is -0.490 e. The van der Waals surface area contributed by atoms with Crippen LogP contribution in [0.15, 0.2) is 54.2 Å². The van der Waals surface area contributed by atoms with Crippen molar-refractivity contribution in [3.8, 4) is 16.5 Å². The van der Waals surface area contributed by atoms with Crippen LogP contribution in [0.1, 0.15) is 28.9 Å². The van der Waals surface area contributed by atoms with E-state index in [0.29, 0.717) is 11.3 Å². The Kier molecular flexibility index (Phi) is 5.64. The van der Waals surface area contributed by atoms with Gasteiger partial charge in [-0.15, -0.1) is 10.2 Å². The van der Waals surface area contributed by atoms with E-state index in [9.17, 15) is 4.79 Å². The molecule has 0 unspecified atom stereocenters. The first kappa shape index (κ1) is 19.7. The number of Topliss-reactive ketones (excluding diaryl/α,β-unsaturated/α-hetero) is 1. The number of carbonyl (C=O) groups excluding carboxylic acids is 1. The highest BCUT2D eigenvalue weighted by molar-refractivity contribution is 7.12. The van der Waals surface area contributed by atoms with E-state index in [1.54, 1.807) is 11.7 Å². The molecular weight excluding hydrogens is 410 g/mol. The smallest absolute Gasteiger partial charge is 0.168 e. The van der Waals surface area contributed by atoms with Crippen molar-refractivity contribution in [2.24, 2.45) is 0 Å². The van der Waals surface area contributed by atoms with Gasteiger partial charge in [0.1, 0.15) is 23.1 Å². The number of hydrogen-bond acceptors (Lipinski definition) is 8.